The molecule has 0 radical (unpaired) electrons. The zero-order valence-electron chi connectivity index (χ0n) is 12.5. The molecule has 2 N–H and O–H groups in total. The Labute approximate surface area is 119 Å². The van der Waals surface area contributed by atoms with Gasteiger partial charge in [0.1, 0.15) is 5.60 Å². The molecule has 1 aromatic heterocycles. The number of carbonyl (C=O) groups excluding carboxylic acids is 1. The van der Waals surface area contributed by atoms with Crippen LogP contribution in [0.5, 0.6) is 0 Å². The van der Waals surface area contributed by atoms with Crippen molar-refractivity contribution in [2.75, 3.05) is 25.6 Å². The van der Waals surface area contributed by atoms with Crippen LogP contribution < -0.4 is 10.6 Å². The summed E-state index contributed by atoms with van der Waals surface area (Å²) in [6, 6.07) is 1.86. The lowest BCUT2D eigenvalue weighted by atomic mass is 10.2. The van der Waals surface area contributed by atoms with Crippen LogP contribution in [0.2, 0.25) is 0 Å². The van der Waals surface area contributed by atoms with E-state index in [0.717, 1.165) is 12.1 Å². The van der Waals surface area contributed by atoms with Crippen LogP contribution in [0.4, 0.5) is 10.5 Å². The summed E-state index contributed by atoms with van der Waals surface area (Å²) in [6.45, 7) is 7.55. The van der Waals surface area contributed by atoms with Crippen LogP contribution in [-0.4, -0.2) is 36.9 Å². The van der Waals surface area contributed by atoms with E-state index in [2.05, 4.69) is 15.6 Å². The number of hydrogen-bond donors (Lipinski definition) is 2. The maximum absolute atomic E-state index is 11.6. The van der Waals surface area contributed by atoms with Crippen molar-refractivity contribution in [2.45, 2.75) is 32.9 Å². The monoisotopic (exact) mass is 281 g/mol. The van der Waals surface area contributed by atoms with Gasteiger partial charge in [0.2, 0.25) is 0 Å². The third kappa shape index (κ3) is 7.06. The molecule has 0 saturated heterocycles. The fourth-order valence-corrected chi connectivity index (χ4v) is 1.48. The minimum Gasteiger partial charge on any atom is -0.444 e. The highest BCUT2D eigenvalue weighted by Gasteiger charge is 2.16. The summed E-state index contributed by atoms with van der Waals surface area (Å²) >= 11 is 0. The van der Waals surface area contributed by atoms with Crippen LogP contribution in [0.15, 0.2) is 18.5 Å². The molecular formula is C14H23N3O3. The van der Waals surface area contributed by atoms with Gasteiger partial charge in [-0.05, 0) is 32.4 Å². The molecule has 6 nitrogen and oxygen atoms in total. The highest BCUT2D eigenvalue weighted by atomic mass is 16.6. The lowest BCUT2D eigenvalue weighted by Gasteiger charge is -2.19. The van der Waals surface area contributed by atoms with E-state index in [9.17, 15) is 4.79 Å². The molecule has 0 aliphatic heterocycles. The average molecular weight is 281 g/mol. The quantitative estimate of drug-likeness (QED) is 0.782. The number of aromatic nitrogens is 1. The second-order valence-electron chi connectivity index (χ2n) is 5.38. The number of anilines is 1. The number of carbonyl (C=O) groups is 1. The van der Waals surface area contributed by atoms with E-state index in [4.69, 9.17) is 9.47 Å². The summed E-state index contributed by atoms with van der Waals surface area (Å²) in [5.74, 6) is 0. The second-order valence-corrected chi connectivity index (χ2v) is 5.38. The summed E-state index contributed by atoms with van der Waals surface area (Å²) in [4.78, 5) is 15.7. The van der Waals surface area contributed by atoms with Gasteiger partial charge in [-0.25, -0.2) is 4.79 Å². The Kier molecular flexibility index (Phi) is 6.41. The van der Waals surface area contributed by atoms with Crippen molar-refractivity contribution in [3.8, 4) is 0 Å². The average Bonchev–Trinajstić information content (AvgIpc) is 2.32. The van der Waals surface area contributed by atoms with Gasteiger partial charge >= 0.3 is 6.09 Å². The lowest BCUT2D eigenvalue weighted by molar-refractivity contribution is 0.0636. The first kappa shape index (κ1) is 16.4. The third-order valence-corrected chi connectivity index (χ3v) is 2.25. The Bertz CT molecular complexity index is 430. The van der Waals surface area contributed by atoms with Gasteiger partial charge in [-0.15, -0.1) is 0 Å². The van der Waals surface area contributed by atoms with Crippen LogP contribution in [0, 0.1) is 0 Å². The van der Waals surface area contributed by atoms with E-state index in [0.29, 0.717) is 18.8 Å². The molecule has 6 heteroatoms. The molecule has 0 atom stereocenters. The van der Waals surface area contributed by atoms with Crippen molar-refractivity contribution < 1.29 is 14.3 Å². The standard InChI is InChI=1S/C14H23N3O3/c1-14(2,3)20-13(18)17-12-7-11(9-16-10-12)8-15-5-6-19-4/h7,9-10,15H,5-6,8H2,1-4H3,(H,17,18). The summed E-state index contributed by atoms with van der Waals surface area (Å²) in [5.41, 5.74) is 1.08. The molecule has 20 heavy (non-hydrogen) atoms. The van der Waals surface area contributed by atoms with E-state index in [1.165, 1.54) is 0 Å². The number of nitrogens with zero attached hydrogens (tertiary/aromatic N) is 1. The van der Waals surface area contributed by atoms with Crippen LogP contribution in [0.1, 0.15) is 26.3 Å². The van der Waals surface area contributed by atoms with Gasteiger partial charge in [0, 0.05) is 26.4 Å². The number of methoxy groups -OCH3 is 1. The Hall–Kier alpha value is -1.66. The number of pyridine rings is 1. The van der Waals surface area contributed by atoms with Gasteiger partial charge in [0.15, 0.2) is 0 Å². The van der Waals surface area contributed by atoms with Crippen molar-refractivity contribution in [1.82, 2.24) is 10.3 Å². The fourth-order valence-electron chi connectivity index (χ4n) is 1.48. The number of hydrogen-bond acceptors (Lipinski definition) is 5. The largest absolute Gasteiger partial charge is 0.444 e. The second kappa shape index (κ2) is 7.81. The minimum atomic E-state index is -0.517. The van der Waals surface area contributed by atoms with Gasteiger partial charge < -0.3 is 14.8 Å². The first-order valence-electron chi connectivity index (χ1n) is 6.54. The molecule has 0 aliphatic carbocycles. The zero-order chi connectivity index (χ0) is 15.0. The lowest BCUT2D eigenvalue weighted by Crippen LogP contribution is -2.27. The Morgan fingerprint density at radius 1 is 1.35 bits per heavy atom. The Morgan fingerprint density at radius 3 is 2.75 bits per heavy atom. The molecule has 0 spiro atoms. The SMILES string of the molecule is COCCNCc1cncc(NC(=O)OC(C)(C)C)c1. The highest BCUT2D eigenvalue weighted by molar-refractivity contribution is 5.84. The van der Waals surface area contributed by atoms with Crippen LogP contribution in [0.25, 0.3) is 0 Å². The molecule has 1 aromatic rings. The molecule has 0 fully saturated rings. The van der Waals surface area contributed by atoms with Gasteiger partial charge in [-0.1, -0.05) is 0 Å². The van der Waals surface area contributed by atoms with Gasteiger partial charge in [0.05, 0.1) is 18.5 Å². The Morgan fingerprint density at radius 2 is 2.10 bits per heavy atom. The van der Waals surface area contributed by atoms with Crippen molar-refractivity contribution in [3.05, 3.63) is 24.0 Å². The van der Waals surface area contributed by atoms with Crippen LogP contribution in [-0.2, 0) is 16.0 Å². The smallest absolute Gasteiger partial charge is 0.412 e. The summed E-state index contributed by atoms with van der Waals surface area (Å²) < 4.78 is 10.1. The van der Waals surface area contributed by atoms with Crippen molar-refractivity contribution >= 4 is 11.8 Å². The molecule has 0 aromatic carbocycles. The van der Waals surface area contributed by atoms with E-state index in [1.807, 2.05) is 26.8 Å². The number of ether oxygens (including phenoxy) is 2. The van der Waals surface area contributed by atoms with Gasteiger partial charge in [-0.3, -0.25) is 10.3 Å². The van der Waals surface area contributed by atoms with E-state index in [-0.39, 0.29) is 0 Å². The molecular weight excluding hydrogens is 258 g/mol. The molecule has 0 saturated carbocycles. The maximum Gasteiger partial charge on any atom is 0.412 e. The minimum absolute atomic E-state index is 0.483. The van der Waals surface area contributed by atoms with Gasteiger partial charge in [-0.2, -0.15) is 0 Å². The predicted octanol–water partition coefficient (Wildman–Crippen LogP) is 2.16. The summed E-state index contributed by atoms with van der Waals surface area (Å²) in [7, 11) is 1.66. The van der Waals surface area contributed by atoms with Crippen molar-refractivity contribution in [3.63, 3.8) is 0 Å². The summed E-state index contributed by atoms with van der Waals surface area (Å²) in [6.07, 6.45) is 2.85. The topological polar surface area (TPSA) is 72.5 Å². The first-order chi connectivity index (χ1) is 9.40. The molecule has 0 aliphatic rings. The number of nitrogens with one attached hydrogen (secondary N) is 2. The Balaban J connectivity index is 2.49. The predicted molar refractivity (Wildman–Crippen MR) is 77.7 cm³/mol. The van der Waals surface area contributed by atoms with Crippen molar-refractivity contribution in [2.24, 2.45) is 0 Å². The van der Waals surface area contributed by atoms with Crippen LogP contribution in [0.3, 0.4) is 0 Å². The molecule has 1 amide bonds. The maximum atomic E-state index is 11.6. The van der Waals surface area contributed by atoms with E-state index in [1.54, 1.807) is 19.5 Å². The third-order valence-electron chi connectivity index (χ3n) is 2.25. The number of amides is 1. The molecule has 0 bridgehead atoms. The zero-order valence-corrected chi connectivity index (χ0v) is 12.5. The molecule has 1 rings (SSSR count). The van der Waals surface area contributed by atoms with E-state index >= 15 is 0 Å². The number of rotatable bonds is 6. The van der Waals surface area contributed by atoms with Crippen molar-refractivity contribution in [1.29, 1.82) is 0 Å². The first-order valence-corrected chi connectivity index (χ1v) is 6.54. The van der Waals surface area contributed by atoms with E-state index < -0.39 is 11.7 Å². The van der Waals surface area contributed by atoms with Crippen LogP contribution >= 0.6 is 0 Å². The fraction of sp³-hybridized carbons (Fsp3) is 0.571. The molecule has 112 valence electrons. The molecule has 1 heterocycles. The summed E-state index contributed by atoms with van der Waals surface area (Å²) in [5, 5.41) is 5.88. The highest BCUT2D eigenvalue weighted by Crippen LogP contribution is 2.12. The molecule has 0 unspecified atom stereocenters. The normalized spacial score (nSPS) is 11.2. The van der Waals surface area contributed by atoms with Gasteiger partial charge in [0.25, 0.3) is 0 Å².